The minimum absolute atomic E-state index is 0.559. The number of halogens is 2. The molecule has 1 saturated carbocycles. The first-order chi connectivity index (χ1) is 8.52. The van der Waals surface area contributed by atoms with Crippen molar-refractivity contribution in [3.05, 3.63) is 33.8 Å². The molecule has 1 aromatic carbocycles. The van der Waals surface area contributed by atoms with E-state index in [0.717, 1.165) is 31.2 Å². The summed E-state index contributed by atoms with van der Waals surface area (Å²) in [6.07, 6.45) is 6.01. The van der Waals surface area contributed by atoms with Crippen molar-refractivity contribution in [2.75, 3.05) is 0 Å². The van der Waals surface area contributed by atoms with Crippen molar-refractivity contribution >= 4 is 23.2 Å². The normalized spacial score (nSPS) is 28.3. The molecule has 3 heteroatoms. The second-order valence-electron chi connectivity index (χ2n) is 5.52. The zero-order valence-electron chi connectivity index (χ0n) is 10.8. The summed E-state index contributed by atoms with van der Waals surface area (Å²) in [5.41, 5.74) is 0.513. The molecule has 0 bridgehead atoms. The van der Waals surface area contributed by atoms with E-state index in [1.165, 1.54) is 6.42 Å². The summed E-state index contributed by atoms with van der Waals surface area (Å²) in [7, 11) is 0. The van der Waals surface area contributed by atoms with Crippen LogP contribution in [0.1, 0.15) is 44.6 Å². The van der Waals surface area contributed by atoms with Gasteiger partial charge in [-0.2, -0.15) is 0 Å². The predicted molar refractivity (Wildman–Crippen MR) is 77.4 cm³/mol. The van der Waals surface area contributed by atoms with Gasteiger partial charge in [0.1, 0.15) is 0 Å². The van der Waals surface area contributed by atoms with Gasteiger partial charge in [-0.3, -0.25) is 0 Å². The molecule has 1 N–H and O–H groups in total. The number of benzene rings is 1. The lowest BCUT2D eigenvalue weighted by Crippen LogP contribution is -2.37. The lowest BCUT2D eigenvalue weighted by molar-refractivity contribution is -0.0161. The highest BCUT2D eigenvalue weighted by Gasteiger charge is 2.33. The number of rotatable bonds is 3. The molecule has 0 spiro atoms. The van der Waals surface area contributed by atoms with Crippen LogP contribution in [0, 0.1) is 5.92 Å². The molecule has 1 nitrogen and oxygen atoms in total. The standard InChI is InChI=1S/C15H20Cl2O/c1-2-11-4-3-7-15(18,9-11)10-12-5-6-13(16)14(17)8-12/h5-6,8,11,18H,2-4,7,9-10H2,1H3. The van der Waals surface area contributed by atoms with Crippen molar-refractivity contribution in [2.24, 2.45) is 5.92 Å². The van der Waals surface area contributed by atoms with Gasteiger partial charge < -0.3 is 5.11 Å². The van der Waals surface area contributed by atoms with Crippen LogP contribution in [0.3, 0.4) is 0 Å². The van der Waals surface area contributed by atoms with Gasteiger partial charge in [0, 0.05) is 6.42 Å². The van der Waals surface area contributed by atoms with E-state index < -0.39 is 5.60 Å². The third kappa shape index (κ3) is 3.40. The van der Waals surface area contributed by atoms with Crippen LogP contribution in [-0.2, 0) is 6.42 Å². The Balaban J connectivity index is 2.09. The van der Waals surface area contributed by atoms with E-state index in [1.54, 1.807) is 0 Å². The average Bonchev–Trinajstić information content (AvgIpc) is 2.33. The van der Waals surface area contributed by atoms with Crippen LogP contribution >= 0.6 is 23.2 Å². The molecule has 2 rings (SSSR count). The molecule has 100 valence electrons. The van der Waals surface area contributed by atoms with Gasteiger partial charge in [0.2, 0.25) is 0 Å². The fourth-order valence-corrected chi connectivity index (χ4v) is 3.32. The molecule has 0 radical (unpaired) electrons. The summed E-state index contributed by atoms with van der Waals surface area (Å²) < 4.78 is 0. The van der Waals surface area contributed by atoms with Gasteiger partial charge in [-0.05, 0) is 36.5 Å². The Morgan fingerprint density at radius 3 is 2.78 bits per heavy atom. The average molecular weight is 287 g/mol. The Morgan fingerprint density at radius 1 is 1.33 bits per heavy atom. The summed E-state index contributed by atoms with van der Waals surface area (Å²) in [6.45, 7) is 2.20. The molecule has 18 heavy (non-hydrogen) atoms. The highest BCUT2D eigenvalue weighted by atomic mass is 35.5. The van der Waals surface area contributed by atoms with Gasteiger partial charge in [0.25, 0.3) is 0 Å². The van der Waals surface area contributed by atoms with E-state index in [1.807, 2.05) is 18.2 Å². The summed E-state index contributed by atoms with van der Waals surface area (Å²) in [5.74, 6) is 0.659. The summed E-state index contributed by atoms with van der Waals surface area (Å²) >= 11 is 11.9. The fourth-order valence-electron chi connectivity index (χ4n) is 3.00. The SMILES string of the molecule is CCC1CCCC(O)(Cc2ccc(Cl)c(Cl)c2)C1. The van der Waals surface area contributed by atoms with Gasteiger partial charge in [0.05, 0.1) is 15.6 Å². The smallest absolute Gasteiger partial charge is 0.0690 e. The van der Waals surface area contributed by atoms with E-state index in [0.29, 0.717) is 22.4 Å². The van der Waals surface area contributed by atoms with Crippen LogP contribution in [0.4, 0.5) is 0 Å². The zero-order chi connectivity index (χ0) is 13.2. The summed E-state index contributed by atoms with van der Waals surface area (Å²) in [5, 5.41) is 11.9. The highest BCUT2D eigenvalue weighted by Crippen LogP contribution is 2.37. The molecule has 1 fully saturated rings. The first-order valence-electron chi connectivity index (χ1n) is 6.69. The molecule has 0 aromatic heterocycles. The van der Waals surface area contributed by atoms with Crippen molar-refractivity contribution in [1.82, 2.24) is 0 Å². The maximum Gasteiger partial charge on any atom is 0.0690 e. The quantitative estimate of drug-likeness (QED) is 0.841. The van der Waals surface area contributed by atoms with Crippen LogP contribution in [0.5, 0.6) is 0 Å². The minimum atomic E-state index is -0.559. The number of aliphatic hydroxyl groups is 1. The van der Waals surface area contributed by atoms with Crippen LogP contribution in [0.25, 0.3) is 0 Å². The van der Waals surface area contributed by atoms with Crippen molar-refractivity contribution < 1.29 is 5.11 Å². The largest absolute Gasteiger partial charge is 0.390 e. The van der Waals surface area contributed by atoms with Gasteiger partial charge in [-0.15, -0.1) is 0 Å². The van der Waals surface area contributed by atoms with Crippen LogP contribution in [0.15, 0.2) is 18.2 Å². The molecule has 1 aliphatic rings. The zero-order valence-corrected chi connectivity index (χ0v) is 12.3. The van der Waals surface area contributed by atoms with Gasteiger partial charge >= 0.3 is 0 Å². The Hall–Kier alpha value is -0.240. The first-order valence-corrected chi connectivity index (χ1v) is 7.44. The van der Waals surface area contributed by atoms with Gasteiger partial charge in [-0.25, -0.2) is 0 Å². The van der Waals surface area contributed by atoms with E-state index in [2.05, 4.69) is 6.92 Å². The molecular formula is C15H20Cl2O. The van der Waals surface area contributed by atoms with Crippen molar-refractivity contribution in [2.45, 2.75) is 51.0 Å². The number of hydrogen-bond donors (Lipinski definition) is 1. The molecule has 2 unspecified atom stereocenters. The summed E-state index contributed by atoms with van der Waals surface area (Å²) in [4.78, 5) is 0. The molecule has 1 aliphatic carbocycles. The minimum Gasteiger partial charge on any atom is -0.390 e. The van der Waals surface area contributed by atoms with Gasteiger partial charge in [-0.1, -0.05) is 55.5 Å². The van der Waals surface area contributed by atoms with E-state index >= 15 is 0 Å². The second kappa shape index (κ2) is 5.81. The Labute approximate surface area is 119 Å². The van der Waals surface area contributed by atoms with Crippen LogP contribution in [0.2, 0.25) is 10.0 Å². The van der Waals surface area contributed by atoms with Crippen molar-refractivity contribution in [1.29, 1.82) is 0 Å². The molecule has 0 amide bonds. The molecule has 0 heterocycles. The highest BCUT2D eigenvalue weighted by molar-refractivity contribution is 6.42. The third-order valence-electron chi connectivity index (χ3n) is 4.02. The van der Waals surface area contributed by atoms with Gasteiger partial charge in [0.15, 0.2) is 0 Å². The van der Waals surface area contributed by atoms with E-state index in [-0.39, 0.29) is 0 Å². The van der Waals surface area contributed by atoms with Crippen LogP contribution < -0.4 is 0 Å². The predicted octanol–water partition coefficient (Wildman–Crippen LogP) is 4.87. The Bertz CT molecular complexity index is 419. The maximum atomic E-state index is 10.7. The molecule has 2 atom stereocenters. The fraction of sp³-hybridized carbons (Fsp3) is 0.600. The summed E-state index contributed by atoms with van der Waals surface area (Å²) in [6, 6.07) is 5.64. The molecule has 0 saturated heterocycles. The topological polar surface area (TPSA) is 20.2 Å². The lowest BCUT2D eigenvalue weighted by atomic mass is 9.74. The molecular weight excluding hydrogens is 267 g/mol. The molecule has 0 aliphatic heterocycles. The van der Waals surface area contributed by atoms with Crippen LogP contribution in [-0.4, -0.2) is 10.7 Å². The number of hydrogen-bond acceptors (Lipinski definition) is 1. The van der Waals surface area contributed by atoms with Crippen molar-refractivity contribution in [3.8, 4) is 0 Å². The monoisotopic (exact) mass is 286 g/mol. The lowest BCUT2D eigenvalue weighted by Gasteiger charge is -2.36. The third-order valence-corrected chi connectivity index (χ3v) is 4.76. The van der Waals surface area contributed by atoms with E-state index in [9.17, 15) is 5.11 Å². The molecule has 1 aromatic rings. The van der Waals surface area contributed by atoms with E-state index in [4.69, 9.17) is 23.2 Å². The Kier molecular flexibility index (Phi) is 4.58. The first kappa shape index (κ1) is 14.2. The second-order valence-corrected chi connectivity index (χ2v) is 6.33. The Morgan fingerprint density at radius 2 is 2.11 bits per heavy atom. The maximum absolute atomic E-state index is 10.7. The van der Waals surface area contributed by atoms with Crippen molar-refractivity contribution in [3.63, 3.8) is 0 Å².